The Hall–Kier alpha value is -2.63. The molecule has 0 aliphatic heterocycles. The number of esters is 1. The third-order valence-electron chi connectivity index (χ3n) is 2.74. The van der Waals surface area contributed by atoms with E-state index in [0.717, 1.165) is 11.1 Å². The second kappa shape index (κ2) is 7.84. The highest BCUT2D eigenvalue weighted by atomic mass is 16.5. The molecule has 0 saturated heterocycles. The van der Waals surface area contributed by atoms with Crippen LogP contribution in [0.3, 0.4) is 0 Å². The van der Waals surface area contributed by atoms with Crippen molar-refractivity contribution in [1.82, 2.24) is 10.6 Å². The van der Waals surface area contributed by atoms with Crippen LogP contribution in [0, 0.1) is 13.8 Å². The lowest BCUT2D eigenvalue weighted by molar-refractivity contribution is -0.123. The average molecular weight is 290 g/mol. The summed E-state index contributed by atoms with van der Waals surface area (Å²) in [5.41, 5.74) is 2.38. The number of imide groups is 1. The molecule has 0 spiro atoms. The minimum absolute atomic E-state index is 0.238. The number of aryl methyl sites for hydroxylation is 2. The van der Waals surface area contributed by atoms with Gasteiger partial charge in [-0.25, -0.2) is 9.59 Å². The standard InChI is InChI=1S/C15H18N2O4/c1-4-7-16-15(20)17-13(18)9-21-14(19)12-6-5-10(2)11(3)8-12/h4-6,8H,1,7,9H2,2-3H3,(H2,16,17,18,20). The smallest absolute Gasteiger partial charge is 0.338 e. The Morgan fingerprint density at radius 3 is 2.57 bits per heavy atom. The summed E-state index contributed by atoms with van der Waals surface area (Å²) in [7, 11) is 0. The van der Waals surface area contributed by atoms with Crippen LogP contribution < -0.4 is 10.6 Å². The van der Waals surface area contributed by atoms with E-state index in [0.29, 0.717) is 5.56 Å². The van der Waals surface area contributed by atoms with Crippen molar-refractivity contribution in [1.29, 1.82) is 0 Å². The van der Waals surface area contributed by atoms with Gasteiger partial charge in [-0.2, -0.15) is 0 Å². The van der Waals surface area contributed by atoms with Gasteiger partial charge in [0.15, 0.2) is 6.61 Å². The van der Waals surface area contributed by atoms with E-state index in [1.807, 2.05) is 19.2 Å². The summed E-state index contributed by atoms with van der Waals surface area (Å²) in [6, 6.07) is 4.45. The van der Waals surface area contributed by atoms with Crippen LogP contribution in [0.15, 0.2) is 30.9 Å². The molecule has 1 aromatic carbocycles. The van der Waals surface area contributed by atoms with Gasteiger partial charge in [-0.1, -0.05) is 12.1 Å². The molecule has 1 aromatic rings. The molecule has 0 radical (unpaired) electrons. The maximum atomic E-state index is 11.8. The number of urea groups is 1. The van der Waals surface area contributed by atoms with Gasteiger partial charge in [0.25, 0.3) is 5.91 Å². The van der Waals surface area contributed by atoms with E-state index in [1.54, 1.807) is 18.2 Å². The van der Waals surface area contributed by atoms with Crippen LogP contribution in [0.2, 0.25) is 0 Å². The second-order valence-electron chi connectivity index (χ2n) is 4.42. The number of benzene rings is 1. The van der Waals surface area contributed by atoms with E-state index in [4.69, 9.17) is 4.74 Å². The summed E-state index contributed by atoms with van der Waals surface area (Å²) in [6.07, 6.45) is 1.48. The molecule has 2 N–H and O–H groups in total. The van der Waals surface area contributed by atoms with Crippen LogP contribution in [-0.4, -0.2) is 31.1 Å². The number of ether oxygens (including phenoxy) is 1. The molecule has 0 bridgehead atoms. The molecule has 1 rings (SSSR count). The first-order valence-electron chi connectivity index (χ1n) is 6.37. The molecule has 0 aliphatic carbocycles. The summed E-state index contributed by atoms with van der Waals surface area (Å²) >= 11 is 0. The molecule has 6 nitrogen and oxygen atoms in total. The lowest BCUT2D eigenvalue weighted by Crippen LogP contribution is -2.41. The number of carbonyl (C=O) groups excluding carboxylic acids is 3. The maximum Gasteiger partial charge on any atom is 0.338 e. The summed E-state index contributed by atoms with van der Waals surface area (Å²) in [4.78, 5) is 34.3. The zero-order valence-electron chi connectivity index (χ0n) is 12.1. The van der Waals surface area contributed by atoms with Crippen LogP contribution in [0.5, 0.6) is 0 Å². The van der Waals surface area contributed by atoms with Crippen LogP contribution in [0.1, 0.15) is 21.5 Å². The number of rotatable bonds is 5. The van der Waals surface area contributed by atoms with E-state index in [1.165, 1.54) is 6.08 Å². The Balaban J connectivity index is 2.45. The van der Waals surface area contributed by atoms with Gasteiger partial charge in [0, 0.05) is 6.54 Å². The minimum atomic E-state index is -0.700. The van der Waals surface area contributed by atoms with Crippen LogP contribution in [0.4, 0.5) is 4.79 Å². The quantitative estimate of drug-likeness (QED) is 0.635. The van der Waals surface area contributed by atoms with Crippen LogP contribution >= 0.6 is 0 Å². The first-order valence-corrected chi connectivity index (χ1v) is 6.37. The van der Waals surface area contributed by atoms with E-state index in [2.05, 4.69) is 11.9 Å². The summed E-state index contributed by atoms with van der Waals surface area (Å²) in [5.74, 6) is -1.31. The molecule has 0 aliphatic rings. The summed E-state index contributed by atoms with van der Waals surface area (Å²) in [5, 5.41) is 4.39. The van der Waals surface area contributed by atoms with Crippen molar-refractivity contribution in [3.05, 3.63) is 47.5 Å². The normalized spacial score (nSPS) is 9.62. The molecule has 6 heteroatoms. The Kier molecular flexibility index (Phi) is 6.13. The lowest BCUT2D eigenvalue weighted by Gasteiger charge is -2.07. The molecule has 0 saturated carbocycles. The van der Waals surface area contributed by atoms with Gasteiger partial charge < -0.3 is 10.1 Å². The van der Waals surface area contributed by atoms with Crippen LogP contribution in [0.25, 0.3) is 0 Å². The highest BCUT2D eigenvalue weighted by Crippen LogP contribution is 2.10. The van der Waals surface area contributed by atoms with Gasteiger partial charge in [-0.05, 0) is 37.1 Å². The molecule has 0 heterocycles. The van der Waals surface area contributed by atoms with Crippen molar-refractivity contribution < 1.29 is 19.1 Å². The van der Waals surface area contributed by atoms with Gasteiger partial charge in [0.05, 0.1) is 5.56 Å². The molecular weight excluding hydrogens is 272 g/mol. The molecule has 0 atom stereocenters. The van der Waals surface area contributed by atoms with Crippen molar-refractivity contribution in [2.75, 3.05) is 13.2 Å². The first-order chi connectivity index (χ1) is 9.93. The predicted molar refractivity (Wildman–Crippen MR) is 77.9 cm³/mol. The molecule has 112 valence electrons. The highest BCUT2D eigenvalue weighted by molar-refractivity contribution is 5.97. The largest absolute Gasteiger partial charge is 0.452 e. The molecule has 0 unspecified atom stereocenters. The average Bonchev–Trinajstić information content (AvgIpc) is 2.45. The summed E-state index contributed by atoms with van der Waals surface area (Å²) < 4.78 is 4.84. The third-order valence-corrected chi connectivity index (χ3v) is 2.74. The monoisotopic (exact) mass is 290 g/mol. The maximum absolute atomic E-state index is 11.8. The molecule has 0 aromatic heterocycles. The summed E-state index contributed by atoms with van der Waals surface area (Å²) in [6.45, 7) is 6.95. The van der Waals surface area contributed by atoms with Gasteiger partial charge in [-0.3, -0.25) is 10.1 Å². The second-order valence-corrected chi connectivity index (χ2v) is 4.42. The van der Waals surface area contributed by atoms with Crippen LogP contribution in [-0.2, 0) is 9.53 Å². The Morgan fingerprint density at radius 1 is 1.24 bits per heavy atom. The van der Waals surface area contributed by atoms with Gasteiger partial charge in [0.2, 0.25) is 0 Å². The number of hydrogen-bond acceptors (Lipinski definition) is 4. The zero-order chi connectivity index (χ0) is 15.8. The van der Waals surface area contributed by atoms with Crippen molar-refractivity contribution in [3.8, 4) is 0 Å². The van der Waals surface area contributed by atoms with Crippen molar-refractivity contribution in [2.45, 2.75) is 13.8 Å². The fourth-order valence-corrected chi connectivity index (χ4v) is 1.45. The Bertz CT molecular complexity index is 567. The SMILES string of the molecule is C=CCNC(=O)NC(=O)COC(=O)c1ccc(C)c(C)c1. The van der Waals surface area contributed by atoms with E-state index in [9.17, 15) is 14.4 Å². The van der Waals surface area contributed by atoms with E-state index in [-0.39, 0.29) is 6.54 Å². The van der Waals surface area contributed by atoms with Gasteiger partial charge >= 0.3 is 12.0 Å². The van der Waals surface area contributed by atoms with Gasteiger partial charge in [-0.15, -0.1) is 6.58 Å². The van der Waals surface area contributed by atoms with E-state index < -0.39 is 24.5 Å². The first kappa shape index (κ1) is 16.4. The fraction of sp³-hybridized carbons (Fsp3) is 0.267. The molecule has 3 amide bonds. The zero-order valence-corrected chi connectivity index (χ0v) is 12.1. The molecule has 21 heavy (non-hydrogen) atoms. The topological polar surface area (TPSA) is 84.5 Å². The fourth-order valence-electron chi connectivity index (χ4n) is 1.45. The third kappa shape index (κ3) is 5.48. The number of hydrogen-bond donors (Lipinski definition) is 2. The van der Waals surface area contributed by atoms with Crippen molar-refractivity contribution in [3.63, 3.8) is 0 Å². The molecule has 0 fully saturated rings. The number of carbonyl (C=O) groups is 3. The number of amides is 3. The Labute approximate surface area is 123 Å². The number of nitrogens with one attached hydrogen (secondary N) is 2. The minimum Gasteiger partial charge on any atom is -0.452 e. The lowest BCUT2D eigenvalue weighted by atomic mass is 10.1. The van der Waals surface area contributed by atoms with E-state index >= 15 is 0 Å². The van der Waals surface area contributed by atoms with Gasteiger partial charge in [0.1, 0.15) is 0 Å². The van der Waals surface area contributed by atoms with Crippen molar-refractivity contribution >= 4 is 17.9 Å². The Morgan fingerprint density at radius 2 is 1.95 bits per heavy atom. The highest BCUT2D eigenvalue weighted by Gasteiger charge is 2.12. The predicted octanol–water partition coefficient (Wildman–Crippen LogP) is 1.47. The van der Waals surface area contributed by atoms with Crippen molar-refractivity contribution in [2.24, 2.45) is 0 Å². The molecular formula is C15H18N2O4.